The fraction of sp³-hybridized carbons (Fsp3) is 0.185. The number of alkyl halides is 1. The summed E-state index contributed by atoms with van der Waals surface area (Å²) in [5.41, 5.74) is 4.69. The minimum atomic E-state index is -4.51. The summed E-state index contributed by atoms with van der Waals surface area (Å²) in [4.78, 5) is 44.6. The van der Waals surface area contributed by atoms with Crippen LogP contribution in [0.1, 0.15) is 27.8 Å². The van der Waals surface area contributed by atoms with Gasteiger partial charge < -0.3 is 4.90 Å². The third-order valence-corrected chi connectivity index (χ3v) is 7.97. The van der Waals surface area contributed by atoms with E-state index in [1.807, 2.05) is 43.3 Å². The maximum absolute atomic E-state index is 13.2. The van der Waals surface area contributed by atoms with Gasteiger partial charge in [0.05, 0.1) is 21.5 Å². The van der Waals surface area contributed by atoms with E-state index < -0.39 is 43.8 Å². The van der Waals surface area contributed by atoms with Crippen molar-refractivity contribution in [2.45, 2.75) is 23.2 Å². The van der Waals surface area contributed by atoms with Crippen LogP contribution >= 0.6 is 11.6 Å². The Balaban J connectivity index is 1.39. The van der Waals surface area contributed by atoms with Gasteiger partial charge >= 0.3 is 0 Å². The van der Waals surface area contributed by atoms with Crippen molar-refractivity contribution in [1.29, 1.82) is 0 Å². The molecule has 1 saturated heterocycles. The van der Waals surface area contributed by atoms with E-state index in [2.05, 4.69) is 10.4 Å². The first kappa shape index (κ1) is 27.3. The largest absolute Gasteiger partial charge is 0.378 e. The minimum Gasteiger partial charge on any atom is -0.378 e. The molecule has 0 saturated carbocycles. The molecule has 13 heteroatoms. The maximum atomic E-state index is 13.2. The molecule has 2 N–H and O–H groups in total. The van der Waals surface area contributed by atoms with Crippen LogP contribution in [-0.2, 0) is 14.9 Å². The number of benzene rings is 3. The molecule has 2 atom stereocenters. The Morgan fingerprint density at radius 1 is 1.02 bits per heavy atom. The molecule has 0 aliphatic carbocycles. The van der Waals surface area contributed by atoms with Crippen molar-refractivity contribution in [3.05, 3.63) is 94.0 Å². The van der Waals surface area contributed by atoms with E-state index in [-0.39, 0.29) is 16.5 Å². The number of carbonyl (C=O) groups excluding carboxylic acids is 2. The van der Waals surface area contributed by atoms with Crippen LogP contribution in [0.5, 0.6) is 0 Å². The Morgan fingerprint density at radius 3 is 2.27 bits per heavy atom. The third kappa shape index (κ3) is 4.81. The van der Waals surface area contributed by atoms with Crippen LogP contribution in [0.2, 0.25) is 0 Å². The average Bonchev–Trinajstić information content (AvgIpc) is 2.92. The van der Waals surface area contributed by atoms with Gasteiger partial charge in [0.15, 0.2) is 0 Å². The second kappa shape index (κ2) is 10.0. The SMILES string of the molecule is Cc1nc2ccc(S(=O)(=O)O)cc2c(=O)n1-c1ccc(C(=O)NN2C(=O)C(Cl)C2c2ccc(N(C)C)cc2)cc1. The van der Waals surface area contributed by atoms with Gasteiger partial charge in [-0.1, -0.05) is 12.1 Å². The van der Waals surface area contributed by atoms with Crippen molar-refractivity contribution in [1.82, 2.24) is 20.0 Å². The lowest BCUT2D eigenvalue weighted by atomic mass is 9.95. The molecule has 0 spiro atoms. The van der Waals surface area contributed by atoms with Gasteiger partial charge in [0.1, 0.15) is 17.2 Å². The summed E-state index contributed by atoms with van der Waals surface area (Å²) < 4.78 is 33.7. The highest BCUT2D eigenvalue weighted by Gasteiger charge is 2.48. The molecule has 206 valence electrons. The number of halogens is 1. The Hall–Kier alpha value is -4.26. The highest BCUT2D eigenvalue weighted by Crippen LogP contribution is 2.37. The van der Waals surface area contributed by atoms with Gasteiger partial charge in [-0.2, -0.15) is 8.42 Å². The molecule has 2 heterocycles. The Morgan fingerprint density at radius 2 is 1.68 bits per heavy atom. The Bertz CT molecular complexity index is 1820. The van der Waals surface area contributed by atoms with E-state index in [1.54, 1.807) is 6.92 Å². The van der Waals surface area contributed by atoms with E-state index in [0.29, 0.717) is 11.5 Å². The number of anilines is 1. The molecule has 3 aromatic carbocycles. The van der Waals surface area contributed by atoms with Crippen molar-refractivity contribution < 1.29 is 22.6 Å². The summed E-state index contributed by atoms with van der Waals surface area (Å²) in [6.45, 7) is 1.61. The Labute approximate surface area is 234 Å². The van der Waals surface area contributed by atoms with Crippen LogP contribution in [0.4, 0.5) is 5.69 Å². The quantitative estimate of drug-likeness (QED) is 0.201. The molecule has 2 amide bonds. The molecule has 0 radical (unpaired) electrons. The first-order valence-corrected chi connectivity index (χ1v) is 13.9. The molecule has 1 fully saturated rings. The predicted octanol–water partition coefficient (Wildman–Crippen LogP) is 2.84. The van der Waals surface area contributed by atoms with Crippen LogP contribution in [-0.4, -0.2) is 58.8 Å². The summed E-state index contributed by atoms with van der Waals surface area (Å²) in [6.07, 6.45) is 0. The van der Waals surface area contributed by atoms with Crippen LogP contribution < -0.4 is 15.9 Å². The first-order chi connectivity index (χ1) is 18.9. The summed E-state index contributed by atoms with van der Waals surface area (Å²) in [5, 5.41) is 0.386. The number of amides is 2. The molecule has 1 aromatic heterocycles. The smallest absolute Gasteiger partial charge is 0.294 e. The summed E-state index contributed by atoms with van der Waals surface area (Å²) in [6, 6.07) is 16.6. The van der Waals surface area contributed by atoms with E-state index in [9.17, 15) is 27.4 Å². The molecular weight excluding hydrogens is 558 g/mol. The average molecular weight is 582 g/mol. The zero-order chi connectivity index (χ0) is 28.9. The lowest BCUT2D eigenvalue weighted by Gasteiger charge is -2.44. The maximum Gasteiger partial charge on any atom is 0.294 e. The molecule has 0 bridgehead atoms. The van der Waals surface area contributed by atoms with Gasteiger partial charge in [-0.15, -0.1) is 11.6 Å². The zero-order valence-corrected chi connectivity index (χ0v) is 23.1. The number of rotatable bonds is 6. The number of fused-ring (bicyclic) bond motifs is 1. The number of aromatic nitrogens is 2. The topological polar surface area (TPSA) is 142 Å². The molecule has 2 unspecified atom stereocenters. The molecule has 4 aromatic rings. The second-order valence-corrected chi connectivity index (χ2v) is 11.4. The normalized spacial score (nSPS) is 17.0. The van der Waals surface area contributed by atoms with Gasteiger partial charge in [0.25, 0.3) is 27.5 Å². The molecular formula is C27H24ClN5O6S. The van der Waals surface area contributed by atoms with Crippen molar-refractivity contribution in [2.75, 3.05) is 19.0 Å². The number of β-lactam (4-membered cyclic amide) rings is 1. The number of aryl methyl sites for hydroxylation is 1. The van der Waals surface area contributed by atoms with Gasteiger partial charge in [0, 0.05) is 25.3 Å². The van der Waals surface area contributed by atoms with Gasteiger partial charge in [-0.25, -0.2) is 9.99 Å². The van der Waals surface area contributed by atoms with E-state index >= 15 is 0 Å². The van der Waals surface area contributed by atoms with Crippen LogP contribution in [0, 0.1) is 6.92 Å². The highest BCUT2D eigenvalue weighted by atomic mass is 35.5. The summed E-state index contributed by atoms with van der Waals surface area (Å²) >= 11 is 6.28. The van der Waals surface area contributed by atoms with Gasteiger partial charge in [-0.05, 0) is 67.1 Å². The molecule has 1 aliphatic heterocycles. The predicted molar refractivity (Wildman–Crippen MR) is 149 cm³/mol. The van der Waals surface area contributed by atoms with Gasteiger partial charge in [0.2, 0.25) is 0 Å². The molecule has 11 nitrogen and oxygen atoms in total. The van der Waals surface area contributed by atoms with Crippen LogP contribution in [0.3, 0.4) is 0 Å². The molecule has 1 aliphatic rings. The van der Waals surface area contributed by atoms with Crippen molar-refractivity contribution in [2.24, 2.45) is 0 Å². The Kier molecular flexibility index (Phi) is 6.86. The lowest BCUT2D eigenvalue weighted by molar-refractivity contribution is -0.149. The standard InChI is InChI=1S/C27H24ClN5O6S/c1-15-29-22-13-12-20(40(37,38)39)14-21(22)26(35)32(15)19-10-6-17(7-11-19)25(34)30-33-24(23(28)27(33)36)16-4-8-18(9-5-16)31(2)3/h4-14,23-24H,1-3H3,(H,30,34)(H,37,38,39). The number of nitrogens with one attached hydrogen (secondary N) is 1. The van der Waals surface area contributed by atoms with Crippen LogP contribution in [0.25, 0.3) is 16.6 Å². The highest BCUT2D eigenvalue weighted by molar-refractivity contribution is 7.85. The van der Waals surface area contributed by atoms with Crippen molar-refractivity contribution in [3.8, 4) is 5.69 Å². The number of carbonyl (C=O) groups is 2. The van der Waals surface area contributed by atoms with E-state index in [4.69, 9.17) is 11.6 Å². The van der Waals surface area contributed by atoms with E-state index in [0.717, 1.165) is 17.3 Å². The minimum absolute atomic E-state index is 0.000810. The molecule has 5 rings (SSSR count). The fourth-order valence-electron chi connectivity index (χ4n) is 4.54. The summed E-state index contributed by atoms with van der Waals surface area (Å²) in [7, 11) is -0.685. The monoisotopic (exact) mass is 581 g/mol. The zero-order valence-electron chi connectivity index (χ0n) is 21.6. The van der Waals surface area contributed by atoms with E-state index in [1.165, 1.54) is 46.0 Å². The molecule has 40 heavy (non-hydrogen) atoms. The second-order valence-electron chi connectivity index (χ2n) is 9.48. The number of hydrazine groups is 1. The van der Waals surface area contributed by atoms with Crippen LogP contribution in [0.15, 0.2) is 76.4 Å². The van der Waals surface area contributed by atoms with Crippen molar-refractivity contribution in [3.63, 3.8) is 0 Å². The lowest BCUT2D eigenvalue weighted by Crippen LogP contribution is -2.63. The number of hydrogen-bond acceptors (Lipinski definition) is 7. The number of hydrogen-bond donors (Lipinski definition) is 2. The summed E-state index contributed by atoms with van der Waals surface area (Å²) in [5.74, 6) is -0.643. The third-order valence-electron chi connectivity index (χ3n) is 6.69. The number of nitrogens with zero attached hydrogens (tertiary/aromatic N) is 4. The van der Waals surface area contributed by atoms with Crippen molar-refractivity contribution >= 4 is 50.1 Å². The van der Waals surface area contributed by atoms with Gasteiger partial charge in [-0.3, -0.25) is 28.9 Å². The first-order valence-electron chi connectivity index (χ1n) is 12.0. The fourth-order valence-corrected chi connectivity index (χ4v) is 5.41.